The first-order valence-corrected chi connectivity index (χ1v) is 24.8. The molecule has 0 aliphatic carbocycles. The van der Waals surface area contributed by atoms with Crippen LogP contribution in [0.15, 0.2) is 24.3 Å². The average Bonchev–Trinajstić information content (AvgIpc) is 3.21. The summed E-state index contributed by atoms with van der Waals surface area (Å²) >= 11 is 0. The molecule has 0 N–H and O–H groups in total. The zero-order valence-electron chi connectivity index (χ0n) is 38.1. The zero-order valence-corrected chi connectivity index (χ0v) is 38.1. The topological polar surface area (TPSA) is 78.9 Å². The van der Waals surface area contributed by atoms with Crippen LogP contribution in [0.4, 0.5) is 0 Å². The summed E-state index contributed by atoms with van der Waals surface area (Å²) in [5.74, 6) is -0.886. The summed E-state index contributed by atoms with van der Waals surface area (Å²) in [5, 5.41) is 0. The van der Waals surface area contributed by atoms with Crippen LogP contribution in [0.2, 0.25) is 0 Å². The van der Waals surface area contributed by atoms with Gasteiger partial charge in [0.1, 0.15) is 13.2 Å². The Morgan fingerprint density at radius 1 is 0.333 bits per heavy atom. The number of esters is 3. The summed E-state index contributed by atoms with van der Waals surface area (Å²) in [6.45, 7) is 6.61. The maximum atomic E-state index is 12.7. The van der Waals surface area contributed by atoms with E-state index in [-0.39, 0.29) is 31.1 Å². The Balaban J connectivity index is 4.33. The minimum atomic E-state index is -0.772. The van der Waals surface area contributed by atoms with Crippen LogP contribution >= 0.6 is 0 Å². The fourth-order valence-electron chi connectivity index (χ4n) is 7.14. The molecule has 6 nitrogen and oxygen atoms in total. The number of unbranched alkanes of at least 4 members (excludes halogenated alkanes) is 30. The van der Waals surface area contributed by atoms with E-state index >= 15 is 0 Å². The number of carbonyl (C=O) groups is 3. The van der Waals surface area contributed by atoms with Crippen LogP contribution in [-0.4, -0.2) is 37.2 Å². The van der Waals surface area contributed by atoms with Gasteiger partial charge in [-0.15, -0.1) is 0 Å². The van der Waals surface area contributed by atoms with Crippen molar-refractivity contribution >= 4 is 17.9 Å². The summed E-state index contributed by atoms with van der Waals surface area (Å²) in [6.07, 6.45) is 51.6. The van der Waals surface area contributed by atoms with Crippen molar-refractivity contribution in [2.45, 2.75) is 271 Å². The van der Waals surface area contributed by atoms with Gasteiger partial charge in [-0.05, 0) is 70.6 Å². The molecule has 0 fully saturated rings. The minimum absolute atomic E-state index is 0.0744. The SMILES string of the molecule is CCCCCCC/C=C\CCCCCCCC(=O)O[C@@H](COC(=O)CCCCCCC/C=C\CCCCCCCCC)COC(=O)CCCCCCCCCCC. The van der Waals surface area contributed by atoms with Gasteiger partial charge in [0.15, 0.2) is 6.10 Å². The highest BCUT2D eigenvalue weighted by molar-refractivity contribution is 5.71. The van der Waals surface area contributed by atoms with Gasteiger partial charge in [0.2, 0.25) is 0 Å². The Morgan fingerprint density at radius 2 is 0.579 bits per heavy atom. The molecule has 6 heteroatoms. The van der Waals surface area contributed by atoms with E-state index in [1.54, 1.807) is 0 Å². The molecule has 0 aromatic carbocycles. The van der Waals surface area contributed by atoms with E-state index in [1.807, 2.05) is 0 Å². The second kappa shape index (κ2) is 46.6. The molecule has 0 rings (SSSR count). The molecular formula is C51H94O6. The van der Waals surface area contributed by atoms with Gasteiger partial charge in [0.25, 0.3) is 0 Å². The van der Waals surface area contributed by atoms with Crippen LogP contribution in [0, 0.1) is 0 Å². The van der Waals surface area contributed by atoms with Gasteiger partial charge >= 0.3 is 17.9 Å². The lowest BCUT2D eigenvalue weighted by Crippen LogP contribution is -2.30. The summed E-state index contributed by atoms with van der Waals surface area (Å²) in [7, 11) is 0. The first kappa shape index (κ1) is 54.9. The van der Waals surface area contributed by atoms with Crippen molar-refractivity contribution in [3.05, 3.63) is 24.3 Å². The number of hydrogen-bond acceptors (Lipinski definition) is 6. The number of hydrogen-bond donors (Lipinski definition) is 0. The van der Waals surface area contributed by atoms with E-state index in [0.717, 1.165) is 70.6 Å². The van der Waals surface area contributed by atoms with Gasteiger partial charge in [-0.2, -0.15) is 0 Å². The largest absolute Gasteiger partial charge is 0.462 e. The third kappa shape index (κ3) is 44.8. The van der Waals surface area contributed by atoms with Crippen molar-refractivity contribution in [3.8, 4) is 0 Å². The second-order valence-corrected chi connectivity index (χ2v) is 16.7. The van der Waals surface area contributed by atoms with E-state index < -0.39 is 6.10 Å². The molecular weight excluding hydrogens is 709 g/mol. The Kier molecular flexibility index (Phi) is 44.9. The summed E-state index contributed by atoms with van der Waals surface area (Å²) < 4.78 is 16.7. The molecule has 0 radical (unpaired) electrons. The van der Waals surface area contributed by atoms with Crippen LogP contribution in [0.3, 0.4) is 0 Å². The van der Waals surface area contributed by atoms with E-state index in [2.05, 4.69) is 45.1 Å². The highest BCUT2D eigenvalue weighted by Crippen LogP contribution is 2.14. The smallest absolute Gasteiger partial charge is 0.306 e. The molecule has 0 amide bonds. The first-order chi connectivity index (χ1) is 28.0. The van der Waals surface area contributed by atoms with Crippen LogP contribution in [0.25, 0.3) is 0 Å². The molecule has 334 valence electrons. The van der Waals surface area contributed by atoms with Crippen molar-refractivity contribution in [1.29, 1.82) is 0 Å². The Labute approximate surface area is 353 Å². The Bertz CT molecular complexity index is 927. The van der Waals surface area contributed by atoms with Crippen LogP contribution in [0.1, 0.15) is 265 Å². The first-order valence-electron chi connectivity index (χ1n) is 24.8. The van der Waals surface area contributed by atoms with E-state index in [4.69, 9.17) is 14.2 Å². The average molecular weight is 803 g/mol. The predicted molar refractivity (Wildman–Crippen MR) is 243 cm³/mol. The number of carbonyl (C=O) groups excluding carboxylic acids is 3. The fraction of sp³-hybridized carbons (Fsp3) is 0.863. The molecule has 1 atom stereocenters. The molecule has 0 aliphatic heterocycles. The lowest BCUT2D eigenvalue weighted by Gasteiger charge is -2.18. The number of ether oxygens (including phenoxy) is 3. The standard InChI is InChI=1S/C51H94O6/c1-4-7-10-13-16-19-21-23-25-26-28-29-32-35-38-41-44-50(53)56-47-48(46-55-49(52)43-40-37-34-31-18-15-12-9-6-3)57-51(54)45-42-39-36-33-30-27-24-22-20-17-14-11-8-5-2/h22,24-26,48H,4-21,23,27-47H2,1-3H3/b24-22-,26-25-/t48-/m1/s1. The molecule has 0 heterocycles. The van der Waals surface area contributed by atoms with Crippen molar-refractivity contribution < 1.29 is 28.6 Å². The highest BCUT2D eigenvalue weighted by atomic mass is 16.6. The lowest BCUT2D eigenvalue weighted by atomic mass is 10.1. The van der Waals surface area contributed by atoms with Crippen molar-refractivity contribution in [2.24, 2.45) is 0 Å². The summed E-state index contributed by atoms with van der Waals surface area (Å²) in [6, 6.07) is 0. The van der Waals surface area contributed by atoms with Crippen molar-refractivity contribution in [3.63, 3.8) is 0 Å². The number of allylic oxidation sites excluding steroid dienone is 4. The zero-order chi connectivity index (χ0) is 41.5. The normalized spacial score (nSPS) is 12.1. The summed E-state index contributed by atoms with van der Waals surface area (Å²) in [4.78, 5) is 37.8. The molecule has 0 aromatic rings. The highest BCUT2D eigenvalue weighted by Gasteiger charge is 2.19. The minimum Gasteiger partial charge on any atom is -0.462 e. The summed E-state index contributed by atoms with van der Waals surface area (Å²) in [5.41, 5.74) is 0. The Hall–Kier alpha value is -2.11. The van der Waals surface area contributed by atoms with Gasteiger partial charge in [0.05, 0.1) is 0 Å². The molecule has 0 aliphatic rings. The molecule has 0 spiro atoms. The molecule has 0 bridgehead atoms. The maximum Gasteiger partial charge on any atom is 0.306 e. The lowest BCUT2D eigenvalue weighted by molar-refractivity contribution is -0.167. The number of rotatable bonds is 45. The van der Waals surface area contributed by atoms with E-state index in [9.17, 15) is 14.4 Å². The molecule has 0 unspecified atom stereocenters. The fourth-order valence-corrected chi connectivity index (χ4v) is 7.14. The maximum absolute atomic E-state index is 12.7. The van der Waals surface area contributed by atoms with E-state index in [0.29, 0.717) is 19.3 Å². The van der Waals surface area contributed by atoms with Crippen molar-refractivity contribution in [1.82, 2.24) is 0 Å². The van der Waals surface area contributed by atoms with Crippen LogP contribution in [0.5, 0.6) is 0 Å². The quantitative estimate of drug-likeness (QED) is 0.0264. The van der Waals surface area contributed by atoms with Gasteiger partial charge < -0.3 is 14.2 Å². The second-order valence-electron chi connectivity index (χ2n) is 16.7. The van der Waals surface area contributed by atoms with Gasteiger partial charge in [-0.3, -0.25) is 14.4 Å². The van der Waals surface area contributed by atoms with Gasteiger partial charge in [-0.25, -0.2) is 0 Å². The third-order valence-electron chi connectivity index (χ3n) is 10.9. The van der Waals surface area contributed by atoms with Gasteiger partial charge in [0, 0.05) is 19.3 Å². The van der Waals surface area contributed by atoms with Crippen LogP contribution in [-0.2, 0) is 28.6 Å². The monoisotopic (exact) mass is 803 g/mol. The predicted octanol–water partition coefficient (Wildman–Crippen LogP) is 16.0. The third-order valence-corrected chi connectivity index (χ3v) is 10.9. The van der Waals surface area contributed by atoms with Crippen LogP contribution < -0.4 is 0 Å². The molecule has 0 aromatic heterocycles. The molecule has 57 heavy (non-hydrogen) atoms. The molecule has 0 saturated heterocycles. The molecule has 0 saturated carbocycles. The Morgan fingerprint density at radius 3 is 0.877 bits per heavy atom. The van der Waals surface area contributed by atoms with E-state index in [1.165, 1.54) is 154 Å². The van der Waals surface area contributed by atoms with Gasteiger partial charge in [-0.1, -0.05) is 199 Å². The van der Waals surface area contributed by atoms with Crippen molar-refractivity contribution in [2.75, 3.05) is 13.2 Å².